The topological polar surface area (TPSA) is 92.5 Å². The van der Waals surface area contributed by atoms with Gasteiger partial charge in [-0.2, -0.15) is 0 Å². The van der Waals surface area contributed by atoms with Gasteiger partial charge in [0.25, 0.3) is 0 Å². The number of carbonyl (C=O) groups excluding carboxylic acids is 1. The highest BCUT2D eigenvalue weighted by Crippen LogP contribution is 2.39. The average molecular weight is 494 g/mol. The number of piperidine rings is 1. The molecule has 3 atom stereocenters. The second-order valence-electron chi connectivity index (χ2n) is 10.6. The smallest absolute Gasteiger partial charge is 0.241 e. The van der Waals surface area contributed by atoms with E-state index in [-0.39, 0.29) is 23.4 Å². The van der Waals surface area contributed by atoms with Crippen LogP contribution in [0.1, 0.15) is 38.8 Å². The number of amides is 1. The minimum atomic E-state index is -0.532. The fraction of sp³-hybridized carbons (Fsp3) is 0.500. The van der Waals surface area contributed by atoms with E-state index >= 15 is 0 Å². The molecule has 0 bridgehead atoms. The Balaban J connectivity index is 1.49. The number of halogens is 1. The van der Waals surface area contributed by atoms with E-state index in [4.69, 9.17) is 15.5 Å². The van der Waals surface area contributed by atoms with Crippen LogP contribution in [0.2, 0.25) is 0 Å². The van der Waals surface area contributed by atoms with Gasteiger partial charge in [-0.3, -0.25) is 4.79 Å². The lowest BCUT2D eigenvalue weighted by molar-refractivity contribution is -0.122. The van der Waals surface area contributed by atoms with Gasteiger partial charge in [0.2, 0.25) is 5.91 Å². The lowest BCUT2D eigenvalue weighted by Gasteiger charge is -2.23. The van der Waals surface area contributed by atoms with Crippen LogP contribution in [0.4, 0.5) is 10.1 Å². The first-order chi connectivity index (χ1) is 17.3. The van der Waals surface area contributed by atoms with Gasteiger partial charge in [-0.1, -0.05) is 19.9 Å². The van der Waals surface area contributed by atoms with E-state index in [1.165, 1.54) is 13.5 Å². The molecule has 2 aromatic rings. The summed E-state index contributed by atoms with van der Waals surface area (Å²) in [7, 11) is 1.47. The Morgan fingerprint density at radius 2 is 2.03 bits per heavy atom. The van der Waals surface area contributed by atoms with Crippen molar-refractivity contribution in [2.24, 2.45) is 23.5 Å². The van der Waals surface area contributed by atoms with Crippen molar-refractivity contribution in [3.05, 3.63) is 47.6 Å². The molecule has 36 heavy (non-hydrogen) atoms. The molecule has 1 aliphatic carbocycles. The fourth-order valence-electron chi connectivity index (χ4n) is 5.56. The van der Waals surface area contributed by atoms with E-state index in [9.17, 15) is 9.18 Å². The molecule has 3 aliphatic rings. The van der Waals surface area contributed by atoms with E-state index in [1.807, 2.05) is 26.0 Å². The number of hydrogen-bond acceptors (Lipinski definition) is 6. The Morgan fingerprint density at radius 1 is 1.22 bits per heavy atom. The molecule has 1 aromatic heterocycles. The van der Waals surface area contributed by atoms with E-state index in [0.717, 1.165) is 66.2 Å². The van der Waals surface area contributed by atoms with Gasteiger partial charge in [-0.05, 0) is 73.9 Å². The van der Waals surface area contributed by atoms with Crippen molar-refractivity contribution in [2.45, 2.75) is 39.2 Å². The monoisotopic (exact) mass is 493 g/mol. The largest absolute Gasteiger partial charge is 0.494 e. The normalized spacial score (nSPS) is 22.8. The molecule has 3 unspecified atom stereocenters. The van der Waals surface area contributed by atoms with Gasteiger partial charge in [0.15, 0.2) is 11.6 Å². The van der Waals surface area contributed by atoms with Crippen LogP contribution in [-0.4, -0.2) is 50.2 Å². The molecule has 2 aliphatic heterocycles. The number of ether oxygens (including phenoxy) is 1. The standard InChI is InChI=1S/C28H36FN5O2/c1-16(2)27(30)28(35)32-20-6-4-17(5-7-20)23-11-25(34-14-18-8-9-31-13-19(18)15-34)21-10-22(29)26(36-3)12-24(21)33-23/h4,6,10-12,16,18-19,27,31H,5,7-9,13-15,30H2,1-3H3,(H,32,35). The van der Waals surface area contributed by atoms with Crippen LogP contribution in [0.3, 0.4) is 0 Å². The Morgan fingerprint density at radius 3 is 2.72 bits per heavy atom. The minimum absolute atomic E-state index is 0.0764. The highest BCUT2D eigenvalue weighted by atomic mass is 19.1. The quantitative estimate of drug-likeness (QED) is 0.570. The van der Waals surface area contributed by atoms with Gasteiger partial charge in [0, 0.05) is 35.9 Å². The van der Waals surface area contributed by atoms with Crippen molar-refractivity contribution in [3.63, 3.8) is 0 Å². The van der Waals surface area contributed by atoms with E-state index < -0.39 is 6.04 Å². The molecule has 192 valence electrons. The molecule has 8 heteroatoms. The SMILES string of the molecule is COc1cc2nc(C3=CC=C(NC(=O)C(N)C(C)C)CC3)cc(N3CC4CCNCC4C3)c2cc1F. The highest BCUT2D eigenvalue weighted by Gasteiger charge is 2.35. The third-order valence-corrected chi connectivity index (χ3v) is 7.86. The van der Waals surface area contributed by atoms with Crippen LogP contribution in [0.5, 0.6) is 5.75 Å². The summed E-state index contributed by atoms with van der Waals surface area (Å²) in [4.78, 5) is 19.7. The van der Waals surface area contributed by atoms with Crippen molar-refractivity contribution < 1.29 is 13.9 Å². The molecule has 0 radical (unpaired) electrons. The number of nitrogens with zero attached hydrogens (tertiary/aromatic N) is 2. The number of nitrogens with one attached hydrogen (secondary N) is 2. The summed E-state index contributed by atoms with van der Waals surface area (Å²) in [5.74, 6) is 1.00. The molecule has 0 saturated carbocycles. The van der Waals surface area contributed by atoms with E-state index in [0.29, 0.717) is 18.3 Å². The number of pyridine rings is 1. The molecule has 2 fully saturated rings. The lowest BCUT2D eigenvalue weighted by atomic mass is 9.90. The zero-order valence-electron chi connectivity index (χ0n) is 21.3. The predicted octanol–water partition coefficient (Wildman–Crippen LogP) is 3.59. The number of allylic oxidation sites excluding steroid dienone is 4. The van der Waals surface area contributed by atoms with Gasteiger partial charge in [-0.25, -0.2) is 9.37 Å². The number of carbonyl (C=O) groups is 1. The molecule has 0 spiro atoms. The Hall–Kier alpha value is -2.97. The van der Waals surface area contributed by atoms with Crippen molar-refractivity contribution in [1.82, 2.24) is 15.6 Å². The second-order valence-corrected chi connectivity index (χ2v) is 10.6. The molecule has 5 rings (SSSR count). The predicted molar refractivity (Wildman–Crippen MR) is 141 cm³/mol. The number of fused-ring (bicyclic) bond motifs is 2. The number of anilines is 1. The van der Waals surface area contributed by atoms with Gasteiger partial charge < -0.3 is 26.0 Å². The third-order valence-electron chi connectivity index (χ3n) is 7.86. The van der Waals surface area contributed by atoms with Crippen LogP contribution in [0.15, 0.2) is 36.0 Å². The molecular weight excluding hydrogens is 457 g/mol. The zero-order chi connectivity index (χ0) is 25.4. The summed E-state index contributed by atoms with van der Waals surface area (Å²) in [5, 5.41) is 7.29. The van der Waals surface area contributed by atoms with Crippen molar-refractivity contribution >= 4 is 28.1 Å². The van der Waals surface area contributed by atoms with Crippen LogP contribution in [-0.2, 0) is 4.79 Å². The summed E-state index contributed by atoms with van der Waals surface area (Å²) in [6.45, 7) is 7.90. The summed E-state index contributed by atoms with van der Waals surface area (Å²) < 4.78 is 20.0. The first kappa shape index (κ1) is 24.7. The number of benzene rings is 1. The van der Waals surface area contributed by atoms with Gasteiger partial charge in [0.1, 0.15) is 0 Å². The van der Waals surface area contributed by atoms with Crippen molar-refractivity contribution in [2.75, 3.05) is 38.2 Å². The third kappa shape index (κ3) is 4.84. The van der Waals surface area contributed by atoms with Crippen LogP contribution < -0.4 is 26.0 Å². The summed E-state index contributed by atoms with van der Waals surface area (Å²) in [6.07, 6.45) is 6.57. The maximum atomic E-state index is 14.7. The highest BCUT2D eigenvalue weighted by molar-refractivity contribution is 5.95. The molecule has 4 N–H and O–H groups in total. The fourth-order valence-corrected chi connectivity index (χ4v) is 5.56. The molecular formula is C28H36FN5O2. The number of rotatable bonds is 6. The zero-order valence-corrected chi connectivity index (χ0v) is 21.3. The number of nitrogens with two attached hydrogens (primary N) is 1. The average Bonchev–Trinajstić information content (AvgIpc) is 3.32. The lowest BCUT2D eigenvalue weighted by Crippen LogP contribution is -2.43. The minimum Gasteiger partial charge on any atom is -0.494 e. The molecule has 3 heterocycles. The van der Waals surface area contributed by atoms with Crippen LogP contribution in [0, 0.1) is 23.6 Å². The van der Waals surface area contributed by atoms with Crippen molar-refractivity contribution in [3.8, 4) is 5.75 Å². The van der Waals surface area contributed by atoms with Crippen molar-refractivity contribution in [1.29, 1.82) is 0 Å². The Labute approximate surface area is 212 Å². The summed E-state index contributed by atoms with van der Waals surface area (Å²) >= 11 is 0. The maximum absolute atomic E-state index is 14.7. The van der Waals surface area contributed by atoms with E-state index in [1.54, 1.807) is 12.1 Å². The molecule has 2 saturated heterocycles. The Kier molecular flexibility index (Phi) is 6.99. The maximum Gasteiger partial charge on any atom is 0.241 e. The molecule has 7 nitrogen and oxygen atoms in total. The number of methoxy groups -OCH3 is 1. The van der Waals surface area contributed by atoms with Gasteiger partial charge >= 0.3 is 0 Å². The molecule has 1 aromatic carbocycles. The summed E-state index contributed by atoms with van der Waals surface area (Å²) in [5.41, 5.74) is 10.6. The summed E-state index contributed by atoms with van der Waals surface area (Å²) in [6, 6.07) is 4.83. The molecule has 1 amide bonds. The van der Waals surface area contributed by atoms with Gasteiger partial charge in [0.05, 0.1) is 24.4 Å². The van der Waals surface area contributed by atoms with E-state index in [2.05, 4.69) is 21.6 Å². The Bertz CT molecular complexity index is 1210. The van der Waals surface area contributed by atoms with Gasteiger partial charge in [-0.15, -0.1) is 0 Å². The number of aromatic nitrogens is 1. The number of hydrogen-bond donors (Lipinski definition) is 3. The second kappa shape index (κ2) is 10.2. The first-order valence-electron chi connectivity index (χ1n) is 12.9. The van der Waals surface area contributed by atoms with Crippen LogP contribution in [0.25, 0.3) is 16.5 Å². The first-order valence-corrected chi connectivity index (χ1v) is 12.9. The van der Waals surface area contributed by atoms with Crippen LogP contribution >= 0.6 is 0 Å².